The Labute approximate surface area is 166 Å². The van der Waals surface area contributed by atoms with Gasteiger partial charge in [-0.3, -0.25) is 4.79 Å². The maximum absolute atomic E-state index is 12.6. The van der Waals surface area contributed by atoms with Gasteiger partial charge in [0.05, 0.1) is 12.5 Å². The number of aromatic nitrogens is 4. The van der Waals surface area contributed by atoms with Gasteiger partial charge in [-0.05, 0) is 33.7 Å². The maximum Gasteiger partial charge on any atom is 0.331 e. The number of tetrazole rings is 1. The number of ether oxygens (including phenoxy) is 1. The van der Waals surface area contributed by atoms with Crippen molar-refractivity contribution in [2.45, 2.75) is 18.9 Å². The molecule has 0 saturated heterocycles. The molecule has 9 heteroatoms. The Morgan fingerprint density at radius 2 is 1.86 bits per heavy atom. The summed E-state index contributed by atoms with van der Waals surface area (Å²) in [5, 5.41) is 22.2. The van der Waals surface area contributed by atoms with E-state index in [-0.39, 0.29) is 0 Å². The maximum atomic E-state index is 12.6. The lowest BCUT2D eigenvalue weighted by molar-refractivity contribution is -0.151. The van der Waals surface area contributed by atoms with Gasteiger partial charge in [-0.25, -0.2) is 9.48 Å². The van der Waals surface area contributed by atoms with Crippen molar-refractivity contribution in [3.63, 3.8) is 0 Å². The highest BCUT2D eigenvalue weighted by atomic mass is 16.5. The van der Waals surface area contributed by atoms with Crippen LogP contribution in [0, 0.1) is 11.3 Å². The van der Waals surface area contributed by atoms with Crippen LogP contribution in [-0.4, -0.2) is 38.7 Å². The Balaban J connectivity index is 1.58. The number of hydrogen-bond acceptors (Lipinski definition) is 7. The van der Waals surface area contributed by atoms with Gasteiger partial charge >= 0.3 is 5.97 Å². The molecule has 0 bridgehead atoms. The third-order valence-corrected chi connectivity index (χ3v) is 4.09. The average molecular weight is 390 g/mol. The second-order valence-electron chi connectivity index (χ2n) is 6.18. The van der Waals surface area contributed by atoms with Crippen LogP contribution in [0.3, 0.4) is 0 Å². The zero-order valence-electron chi connectivity index (χ0n) is 15.4. The predicted octanol–water partition coefficient (Wildman–Crippen LogP) is 1.70. The first-order valence-corrected chi connectivity index (χ1v) is 8.84. The van der Waals surface area contributed by atoms with Crippen molar-refractivity contribution in [2.75, 3.05) is 11.9 Å². The van der Waals surface area contributed by atoms with Crippen LogP contribution in [0.15, 0.2) is 60.9 Å². The molecular weight excluding hydrogens is 372 g/mol. The molecule has 1 aromatic heterocycles. The number of nitrogens with one attached hydrogen (secondary N) is 1. The zero-order valence-corrected chi connectivity index (χ0v) is 15.4. The number of carbonyl (C=O) groups excluding carboxylic acids is 2. The van der Waals surface area contributed by atoms with Crippen LogP contribution < -0.4 is 5.32 Å². The summed E-state index contributed by atoms with van der Waals surface area (Å²) in [6.07, 6.45) is 1.95. The van der Waals surface area contributed by atoms with E-state index < -0.39 is 24.5 Å². The second-order valence-corrected chi connectivity index (χ2v) is 6.18. The Morgan fingerprint density at radius 1 is 1.10 bits per heavy atom. The lowest BCUT2D eigenvalue weighted by Gasteiger charge is -2.15. The molecule has 0 fully saturated rings. The fraction of sp³-hybridized carbons (Fsp3) is 0.200. The SMILES string of the molecule is N#CCc1ccc(NC(=O)COC(=O)[C@H](Cc2ccccc2)n2cnnn2)cc1. The molecule has 146 valence electrons. The first kappa shape index (κ1) is 19.7. The summed E-state index contributed by atoms with van der Waals surface area (Å²) in [5.74, 6) is -1.08. The number of carbonyl (C=O) groups is 2. The molecule has 3 rings (SSSR count). The second kappa shape index (κ2) is 9.75. The third-order valence-electron chi connectivity index (χ3n) is 4.09. The quantitative estimate of drug-likeness (QED) is 0.581. The summed E-state index contributed by atoms with van der Waals surface area (Å²) < 4.78 is 6.49. The molecule has 3 aromatic rings. The van der Waals surface area contributed by atoms with Crippen LogP contribution >= 0.6 is 0 Å². The molecule has 0 unspecified atom stereocenters. The predicted molar refractivity (Wildman–Crippen MR) is 102 cm³/mol. The van der Waals surface area contributed by atoms with Gasteiger partial charge in [0.2, 0.25) is 0 Å². The number of hydrogen-bond donors (Lipinski definition) is 1. The highest BCUT2D eigenvalue weighted by Crippen LogP contribution is 2.15. The van der Waals surface area contributed by atoms with Gasteiger partial charge in [-0.1, -0.05) is 42.5 Å². The van der Waals surface area contributed by atoms with E-state index in [1.54, 1.807) is 24.3 Å². The Bertz CT molecular complexity index is 981. The minimum Gasteiger partial charge on any atom is -0.454 e. The van der Waals surface area contributed by atoms with Crippen molar-refractivity contribution < 1.29 is 14.3 Å². The molecule has 0 radical (unpaired) electrons. The lowest BCUT2D eigenvalue weighted by atomic mass is 10.1. The van der Waals surface area contributed by atoms with Crippen LogP contribution in [0.25, 0.3) is 0 Å². The monoisotopic (exact) mass is 390 g/mol. The van der Waals surface area contributed by atoms with Crippen molar-refractivity contribution in [3.8, 4) is 6.07 Å². The fourth-order valence-corrected chi connectivity index (χ4v) is 2.66. The van der Waals surface area contributed by atoms with Crippen LogP contribution in [0.1, 0.15) is 17.2 Å². The van der Waals surface area contributed by atoms with E-state index in [2.05, 4.69) is 26.9 Å². The van der Waals surface area contributed by atoms with Crippen molar-refractivity contribution in [1.82, 2.24) is 20.2 Å². The van der Waals surface area contributed by atoms with Crippen molar-refractivity contribution in [3.05, 3.63) is 72.1 Å². The molecule has 29 heavy (non-hydrogen) atoms. The van der Waals surface area contributed by atoms with Crippen LogP contribution in [-0.2, 0) is 27.2 Å². The largest absolute Gasteiger partial charge is 0.454 e. The summed E-state index contributed by atoms with van der Waals surface area (Å²) >= 11 is 0. The van der Waals surface area contributed by atoms with E-state index in [4.69, 9.17) is 10.00 Å². The molecule has 2 aromatic carbocycles. The molecule has 1 atom stereocenters. The van der Waals surface area contributed by atoms with Gasteiger partial charge in [-0.15, -0.1) is 5.10 Å². The van der Waals surface area contributed by atoms with Gasteiger partial charge < -0.3 is 10.1 Å². The first-order chi connectivity index (χ1) is 14.2. The molecule has 0 aliphatic heterocycles. The van der Waals surface area contributed by atoms with E-state index in [0.29, 0.717) is 18.5 Å². The number of nitrogens with zero attached hydrogens (tertiary/aromatic N) is 5. The Morgan fingerprint density at radius 3 is 2.52 bits per heavy atom. The molecule has 0 saturated carbocycles. The van der Waals surface area contributed by atoms with Crippen LogP contribution in [0.4, 0.5) is 5.69 Å². The third kappa shape index (κ3) is 5.71. The Hall–Kier alpha value is -4.06. The van der Waals surface area contributed by atoms with Crippen molar-refractivity contribution in [2.24, 2.45) is 0 Å². The molecule has 0 spiro atoms. The number of nitriles is 1. The van der Waals surface area contributed by atoms with Gasteiger partial charge in [0.1, 0.15) is 6.33 Å². The molecule has 0 aliphatic rings. The minimum atomic E-state index is -0.787. The average Bonchev–Trinajstić information content (AvgIpc) is 3.27. The number of benzene rings is 2. The van der Waals surface area contributed by atoms with E-state index in [1.165, 1.54) is 11.0 Å². The standard InChI is InChI=1S/C20H18N6O3/c21-11-10-15-6-8-17(9-7-15)23-19(27)13-29-20(28)18(26-14-22-24-25-26)12-16-4-2-1-3-5-16/h1-9,14,18H,10,12-13H2,(H,23,27)/t18-/m0/s1. The molecule has 0 aliphatic carbocycles. The molecule has 1 amide bonds. The Kier molecular flexibility index (Phi) is 6.62. The summed E-state index contributed by atoms with van der Waals surface area (Å²) in [6.45, 7) is -0.438. The smallest absolute Gasteiger partial charge is 0.331 e. The van der Waals surface area contributed by atoms with Crippen molar-refractivity contribution >= 4 is 17.6 Å². The lowest BCUT2D eigenvalue weighted by Crippen LogP contribution is -2.28. The van der Waals surface area contributed by atoms with Crippen molar-refractivity contribution in [1.29, 1.82) is 5.26 Å². The molecule has 1 heterocycles. The molecule has 9 nitrogen and oxygen atoms in total. The zero-order chi connectivity index (χ0) is 20.5. The van der Waals surface area contributed by atoms with E-state index in [1.807, 2.05) is 30.3 Å². The highest BCUT2D eigenvalue weighted by Gasteiger charge is 2.24. The van der Waals surface area contributed by atoms with Crippen LogP contribution in [0.5, 0.6) is 0 Å². The van der Waals surface area contributed by atoms with Gasteiger partial charge in [0, 0.05) is 12.1 Å². The van der Waals surface area contributed by atoms with Gasteiger partial charge in [0.15, 0.2) is 12.6 Å². The fourth-order valence-electron chi connectivity index (χ4n) is 2.66. The van der Waals surface area contributed by atoms with Gasteiger partial charge in [0.25, 0.3) is 5.91 Å². The van der Waals surface area contributed by atoms with E-state index in [9.17, 15) is 9.59 Å². The number of anilines is 1. The summed E-state index contributed by atoms with van der Waals surface area (Å²) in [5.41, 5.74) is 2.31. The number of rotatable bonds is 8. The number of amides is 1. The van der Waals surface area contributed by atoms with Gasteiger partial charge in [-0.2, -0.15) is 5.26 Å². The van der Waals surface area contributed by atoms with E-state index >= 15 is 0 Å². The van der Waals surface area contributed by atoms with Crippen LogP contribution in [0.2, 0.25) is 0 Å². The summed E-state index contributed by atoms with van der Waals surface area (Å²) in [4.78, 5) is 24.7. The summed E-state index contributed by atoms with van der Waals surface area (Å²) in [7, 11) is 0. The summed E-state index contributed by atoms with van der Waals surface area (Å²) in [6, 6.07) is 17.5. The number of esters is 1. The highest BCUT2D eigenvalue weighted by molar-refractivity contribution is 5.93. The topological polar surface area (TPSA) is 123 Å². The normalized spacial score (nSPS) is 11.3. The molecular formula is C20H18N6O3. The minimum absolute atomic E-state index is 0.297. The molecule has 1 N–H and O–H groups in total. The first-order valence-electron chi connectivity index (χ1n) is 8.84. The van der Waals surface area contributed by atoms with E-state index in [0.717, 1.165) is 11.1 Å².